The fourth-order valence-electron chi connectivity index (χ4n) is 4.03. The van der Waals surface area contributed by atoms with Crippen molar-refractivity contribution in [3.05, 3.63) is 69.1 Å². The first-order chi connectivity index (χ1) is 13.4. The highest BCUT2D eigenvalue weighted by atomic mass is 16.2. The predicted molar refractivity (Wildman–Crippen MR) is 113 cm³/mol. The van der Waals surface area contributed by atoms with Crippen LogP contribution in [-0.4, -0.2) is 53.0 Å². The number of hydrogen-bond acceptors (Lipinski definition) is 3. The summed E-state index contributed by atoms with van der Waals surface area (Å²) in [4.78, 5) is 30.0. The van der Waals surface area contributed by atoms with E-state index in [0.717, 1.165) is 43.6 Å². The zero-order chi connectivity index (χ0) is 20.3. The molecule has 0 aliphatic carbocycles. The molecule has 0 spiro atoms. The smallest absolute Gasteiger partial charge is 0.263 e. The number of nitrogens with zero attached hydrogens (tertiary/aromatic N) is 3. The van der Waals surface area contributed by atoms with E-state index in [4.69, 9.17) is 0 Å². The Balaban J connectivity index is 1.68. The van der Waals surface area contributed by atoms with E-state index in [-0.39, 0.29) is 11.5 Å². The third-order valence-corrected chi connectivity index (χ3v) is 5.98. The number of benzene rings is 1. The van der Waals surface area contributed by atoms with Crippen LogP contribution in [0.1, 0.15) is 40.0 Å². The molecule has 3 rings (SSSR count). The number of carbonyl (C=O) groups excluding carboxylic acids is 1. The molecule has 2 heterocycles. The lowest BCUT2D eigenvalue weighted by atomic mass is 10.0. The first-order valence-corrected chi connectivity index (χ1v) is 10.1. The molecule has 5 heteroatoms. The fourth-order valence-corrected chi connectivity index (χ4v) is 4.03. The van der Waals surface area contributed by atoms with Crippen LogP contribution in [-0.2, 0) is 13.5 Å². The topological polar surface area (TPSA) is 45.6 Å². The van der Waals surface area contributed by atoms with Crippen LogP contribution in [0.2, 0.25) is 0 Å². The van der Waals surface area contributed by atoms with Gasteiger partial charge in [-0.3, -0.25) is 9.59 Å². The third-order valence-electron chi connectivity index (χ3n) is 5.98. The molecule has 1 aliphatic heterocycles. The van der Waals surface area contributed by atoms with Gasteiger partial charge >= 0.3 is 0 Å². The normalized spacial score (nSPS) is 17.2. The van der Waals surface area contributed by atoms with Crippen molar-refractivity contribution in [1.82, 2.24) is 14.4 Å². The standard InChI is InChI=1S/C23H31N3O2/c1-17-15-18(2)25(4)22(27)21(17)23(28)26-13-8-11-20(16-26)24(3)14-12-19-9-6-5-7-10-19/h5-7,9-10,15,20H,8,11-14,16H2,1-4H3/t20-/m0/s1. The molecule has 5 nitrogen and oxygen atoms in total. The number of likely N-dealkylation sites (N-methyl/N-ethyl adjacent to an activating group) is 1. The molecule has 28 heavy (non-hydrogen) atoms. The Bertz CT molecular complexity index is 889. The maximum atomic E-state index is 13.1. The number of rotatable bonds is 5. The van der Waals surface area contributed by atoms with Crippen LogP contribution >= 0.6 is 0 Å². The maximum Gasteiger partial charge on any atom is 0.263 e. The molecular formula is C23H31N3O2. The molecule has 150 valence electrons. The van der Waals surface area contributed by atoms with E-state index in [0.29, 0.717) is 18.2 Å². The second-order valence-corrected chi connectivity index (χ2v) is 7.97. The summed E-state index contributed by atoms with van der Waals surface area (Å²) < 4.78 is 1.56. The molecular weight excluding hydrogens is 350 g/mol. The van der Waals surface area contributed by atoms with Gasteiger partial charge in [0.1, 0.15) is 5.56 Å². The molecule has 1 aromatic carbocycles. The summed E-state index contributed by atoms with van der Waals surface area (Å²) in [5.74, 6) is -0.126. The van der Waals surface area contributed by atoms with Crippen LogP contribution in [0.5, 0.6) is 0 Å². The number of hydrogen-bond donors (Lipinski definition) is 0. The van der Waals surface area contributed by atoms with Crippen LogP contribution in [0.3, 0.4) is 0 Å². The monoisotopic (exact) mass is 381 g/mol. The van der Waals surface area contributed by atoms with Crippen molar-refractivity contribution in [1.29, 1.82) is 0 Å². The largest absolute Gasteiger partial charge is 0.337 e. The maximum absolute atomic E-state index is 13.1. The van der Waals surface area contributed by atoms with Gasteiger partial charge in [-0.25, -0.2) is 0 Å². The quantitative estimate of drug-likeness (QED) is 0.800. The van der Waals surface area contributed by atoms with E-state index in [2.05, 4.69) is 36.2 Å². The van der Waals surface area contributed by atoms with Crippen LogP contribution in [0.4, 0.5) is 0 Å². The molecule has 2 aromatic rings. The van der Waals surface area contributed by atoms with Gasteiger partial charge in [-0.05, 0) is 57.4 Å². The summed E-state index contributed by atoms with van der Waals surface area (Å²) in [5.41, 5.74) is 3.10. The molecule has 0 radical (unpaired) electrons. The van der Waals surface area contributed by atoms with Crippen LogP contribution < -0.4 is 5.56 Å². The van der Waals surface area contributed by atoms with Crippen molar-refractivity contribution >= 4 is 5.91 Å². The molecule has 0 unspecified atom stereocenters. The van der Waals surface area contributed by atoms with Crippen molar-refractivity contribution in [3.63, 3.8) is 0 Å². The summed E-state index contributed by atoms with van der Waals surface area (Å²) in [6, 6.07) is 12.7. The van der Waals surface area contributed by atoms with Gasteiger partial charge in [0.2, 0.25) is 0 Å². The SMILES string of the molecule is Cc1cc(C)n(C)c(=O)c1C(=O)N1CCC[C@H](N(C)CCc2ccccc2)C1. The number of pyridine rings is 1. The van der Waals surface area contributed by atoms with Gasteiger partial charge in [0, 0.05) is 38.4 Å². The van der Waals surface area contributed by atoms with Crippen molar-refractivity contribution in [3.8, 4) is 0 Å². The van der Waals surface area contributed by atoms with Crippen molar-refractivity contribution < 1.29 is 4.79 Å². The van der Waals surface area contributed by atoms with E-state index in [1.165, 1.54) is 5.56 Å². The molecule has 0 N–H and O–H groups in total. The van der Waals surface area contributed by atoms with E-state index >= 15 is 0 Å². The number of likely N-dealkylation sites (tertiary alicyclic amines) is 1. The molecule has 1 aliphatic rings. The zero-order valence-corrected chi connectivity index (χ0v) is 17.4. The highest BCUT2D eigenvalue weighted by Crippen LogP contribution is 2.18. The minimum absolute atomic E-state index is 0.126. The van der Waals surface area contributed by atoms with Crippen LogP contribution in [0.15, 0.2) is 41.2 Å². The molecule has 0 bridgehead atoms. The van der Waals surface area contributed by atoms with Crippen molar-refractivity contribution in [2.75, 3.05) is 26.7 Å². The van der Waals surface area contributed by atoms with Gasteiger partial charge in [-0.1, -0.05) is 30.3 Å². The van der Waals surface area contributed by atoms with Gasteiger partial charge in [0.25, 0.3) is 11.5 Å². The van der Waals surface area contributed by atoms with E-state index in [9.17, 15) is 9.59 Å². The highest BCUT2D eigenvalue weighted by Gasteiger charge is 2.29. The number of aryl methyl sites for hydroxylation is 2. The first kappa shape index (κ1) is 20.3. The Labute approximate surface area is 167 Å². The van der Waals surface area contributed by atoms with E-state index in [1.807, 2.05) is 30.9 Å². The Kier molecular flexibility index (Phi) is 6.35. The number of aromatic nitrogens is 1. The lowest BCUT2D eigenvalue weighted by molar-refractivity contribution is 0.0608. The minimum atomic E-state index is -0.193. The Hall–Kier alpha value is -2.40. The minimum Gasteiger partial charge on any atom is -0.337 e. The summed E-state index contributed by atoms with van der Waals surface area (Å²) in [6.45, 7) is 6.11. The zero-order valence-electron chi connectivity index (χ0n) is 17.4. The summed E-state index contributed by atoms with van der Waals surface area (Å²) in [5, 5.41) is 0. The summed E-state index contributed by atoms with van der Waals surface area (Å²) in [6.07, 6.45) is 3.05. The fraction of sp³-hybridized carbons (Fsp3) is 0.478. The number of piperidine rings is 1. The summed E-state index contributed by atoms with van der Waals surface area (Å²) in [7, 11) is 3.86. The van der Waals surface area contributed by atoms with Crippen molar-refractivity contribution in [2.24, 2.45) is 7.05 Å². The van der Waals surface area contributed by atoms with Gasteiger partial charge < -0.3 is 14.4 Å². The second kappa shape index (κ2) is 8.74. The van der Waals surface area contributed by atoms with Gasteiger partial charge in [0.15, 0.2) is 0 Å². The van der Waals surface area contributed by atoms with Gasteiger partial charge in [-0.2, -0.15) is 0 Å². The summed E-state index contributed by atoms with van der Waals surface area (Å²) >= 11 is 0. The van der Waals surface area contributed by atoms with Crippen LogP contribution in [0, 0.1) is 13.8 Å². The molecule has 1 atom stereocenters. The predicted octanol–water partition coefficient (Wildman–Crippen LogP) is 2.78. The number of amides is 1. The molecule has 1 fully saturated rings. The second-order valence-electron chi connectivity index (χ2n) is 7.97. The molecule has 1 aromatic heterocycles. The Morgan fingerprint density at radius 2 is 1.93 bits per heavy atom. The van der Waals surface area contributed by atoms with Crippen molar-refractivity contribution in [2.45, 2.75) is 39.2 Å². The van der Waals surface area contributed by atoms with E-state index in [1.54, 1.807) is 11.6 Å². The Morgan fingerprint density at radius 1 is 1.21 bits per heavy atom. The van der Waals surface area contributed by atoms with Gasteiger partial charge in [0.05, 0.1) is 0 Å². The molecule has 0 saturated carbocycles. The molecule has 1 saturated heterocycles. The lowest BCUT2D eigenvalue weighted by Gasteiger charge is -2.38. The average Bonchev–Trinajstić information content (AvgIpc) is 2.71. The molecule has 1 amide bonds. The van der Waals surface area contributed by atoms with Gasteiger partial charge in [-0.15, -0.1) is 0 Å². The van der Waals surface area contributed by atoms with Crippen LogP contribution in [0.25, 0.3) is 0 Å². The highest BCUT2D eigenvalue weighted by molar-refractivity contribution is 5.95. The number of carbonyl (C=O) groups is 1. The average molecular weight is 382 g/mol. The lowest BCUT2D eigenvalue weighted by Crippen LogP contribution is -2.50. The first-order valence-electron chi connectivity index (χ1n) is 10.1. The third kappa shape index (κ3) is 4.36. The van der Waals surface area contributed by atoms with E-state index < -0.39 is 0 Å². The Morgan fingerprint density at radius 3 is 2.64 bits per heavy atom.